The highest BCUT2D eigenvalue weighted by Gasteiger charge is 2.11. The van der Waals surface area contributed by atoms with Crippen LogP contribution in [0.15, 0.2) is 43.0 Å². The second-order valence-electron chi connectivity index (χ2n) is 9.68. The van der Waals surface area contributed by atoms with Crippen LogP contribution in [0.3, 0.4) is 0 Å². The molecule has 7 nitrogen and oxygen atoms in total. The molecule has 35 heavy (non-hydrogen) atoms. The number of nitrogens with zero attached hydrogens (tertiary/aromatic N) is 4. The van der Waals surface area contributed by atoms with Gasteiger partial charge in [0.25, 0.3) is 0 Å². The molecule has 192 valence electrons. The van der Waals surface area contributed by atoms with Gasteiger partial charge >= 0.3 is 0 Å². The first-order valence-electron chi connectivity index (χ1n) is 13.3. The van der Waals surface area contributed by atoms with Gasteiger partial charge in [0.05, 0.1) is 6.54 Å². The van der Waals surface area contributed by atoms with Crippen LogP contribution < -0.4 is 11.1 Å². The van der Waals surface area contributed by atoms with Crippen LogP contribution in [0.2, 0.25) is 0 Å². The van der Waals surface area contributed by atoms with Gasteiger partial charge in [-0.1, -0.05) is 38.5 Å². The van der Waals surface area contributed by atoms with Crippen LogP contribution in [0.4, 0.5) is 0 Å². The number of hydrogen-bond donors (Lipinski definition) is 3. The molecule has 0 radical (unpaired) electrons. The third-order valence-corrected chi connectivity index (χ3v) is 6.58. The fraction of sp³-hybridized carbons (Fsp3) is 0.571. The van der Waals surface area contributed by atoms with Crippen LogP contribution in [0.25, 0.3) is 0 Å². The van der Waals surface area contributed by atoms with Crippen molar-refractivity contribution in [2.45, 2.75) is 77.9 Å². The van der Waals surface area contributed by atoms with Crippen LogP contribution in [-0.2, 0) is 33.0 Å². The second kappa shape index (κ2) is 14.8. The van der Waals surface area contributed by atoms with E-state index >= 15 is 0 Å². The van der Waals surface area contributed by atoms with Gasteiger partial charge in [0.1, 0.15) is 11.6 Å². The number of imidazole rings is 2. The van der Waals surface area contributed by atoms with E-state index in [1.54, 1.807) is 0 Å². The molecule has 2 heterocycles. The molecule has 0 saturated heterocycles. The Hall–Kier alpha value is -2.48. The smallest absolute Gasteiger partial charge is 0.122 e. The Morgan fingerprint density at radius 2 is 1.86 bits per heavy atom. The summed E-state index contributed by atoms with van der Waals surface area (Å²) in [5.74, 6) is 2.02. The number of aryl methyl sites for hydroxylation is 1. The molecule has 0 bridgehead atoms. The molecule has 4 N–H and O–H groups in total. The molecule has 0 aliphatic rings. The van der Waals surface area contributed by atoms with Gasteiger partial charge in [-0.25, -0.2) is 9.97 Å². The van der Waals surface area contributed by atoms with E-state index in [0.29, 0.717) is 0 Å². The molecule has 0 amide bonds. The minimum absolute atomic E-state index is 0.185. The fourth-order valence-corrected chi connectivity index (χ4v) is 4.71. The lowest BCUT2D eigenvalue weighted by Gasteiger charge is -2.21. The van der Waals surface area contributed by atoms with Crippen molar-refractivity contribution in [3.05, 3.63) is 71.3 Å². The summed E-state index contributed by atoms with van der Waals surface area (Å²) in [6.45, 7) is 9.67. The minimum atomic E-state index is 0.185. The van der Waals surface area contributed by atoms with Gasteiger partial charge in [-0.15, -0.1) is 0 Å². The first-order valence-corrected chi connectivity index (χ1v) is 13.3. The number of benzene rings is 1. The van der Waals surface area contributed by atoms with E-state index in [1.165, 1.54) is 62.0 Å². The van der Waals surface area contributed by atoms with Crippen molar-refractivity contribution in [1.29, 1.82) is 0 Å². The highest BCUT2D eigenvalue weighted by molar-refractivity contribution is 5.34. The average Bonchev–Trinajstić information content (AvgIpc) is 3.50. The Morgan fingerprint density at radius 3 is 2.54 bits per heavy atom. The standard InChI is InChI=1S/C28H45N7/c1-4-14-35(15-5-2)16-7-6-8-26(29)20-24-10-9-23(19-27-31-11-12-32-27)18-25(24)21-30-22-28-33-13-17-34(28)3/h9-13,17-18,26,30H,4-8,14-16,19-22,29H2,1-3H3,(H,31,32). The Balaban J connectivity index is 1.56. The molecule has 0 aliphatic carbocycles. The Bertz CT molecular complexity index is 958. The van der Waals surface area contributed by atoms with Crippen LogP contribution >= 0.6 is 0 Å². The third kappa shape index (κ3) is 9.24. The van der Waals surface area contributed by atoms with E-state index in [0.717, 1.165) is 44.0 Å². The summed E-state index contributed by atoms with van der Waals surface area (Å²) in [5, 5.41) is 3.58. The molecule has 0 saturated carbocycles. The Kier molecular flexibility index (Phi) is 11.5. The van der Waals surface area contributed by atoms with E-state index in [9.17, 15) is 0 Å². The second-order valence-corrected chi connectivity index (χ2v) is 9.68. The molecule has 3 aromatic rings. The van der Waals surface area contributed by atoms with Gasteiger partial charge < -0.3 is 25.5 Å². The van der Waals surface area contributed by atoms with Gasteiger partial charge in [-0.05, 0) is 68.4 Å². The maximum atomic E-state index is 6.62. The van der Waals surface area contributed by atoms with E-state index in [4.69, 9.17) is 5.73 Å². The molecular weight excluding hydrogens is 434 g/mol. The molecular formula is C28H45N7. The van der Waals surface area contributed by atoms with Gasteiger partial charge in [-0.3, -0.25) is 0 Å². The number of aromatic nitrogens is 4. The zero-order valence-electron chi connectivity index (χ0n) is 22.0. The normalized spacial score (nSPS) is 12.5. The lowest BCUT2D eigenvalue weighted by Crippen LogP contribution is -2.28. The first kappa shape index (κ1) is 27.1. The molecule has 1 atom stereocenters. The van der Waals surface area contributed by atoms with Gasteiger partial charge in [0.2, 0.25) is 0 Å². The number of nitrogens with two attached hydrogens (primary N) is 1. The fourth-order valence-electron chi connectivity index (χ4n) is 4.71. The Morgan fingerprint density at radius 1 is 1.03 bits per heavy atom. The predicted octanol–water partition coefficient (Wildman–Crippen LogP) is 4.19. The molecule has 0 aliphatic heterocycles. The molecule has 0 spiro atoms. The topological polar surface area (TPSA) is 87.8 Å². The summed E-state index contributed by atoms with van der Waals surface area (Å²) in [4.78, 5) is 14.6. The van der Waals surface area contributed by atoms with Crippen molar-refractivity contribution in [3.8, 4) is 0 Å². The quantitative estimate of drug-likeness (QED) is 0.253. The van der Waals surface area contributed by atoms with Crippen molar-refractivity contribution in [2.24, 2.45) is 12.8 Å². The highest BCUT2D eigenvalue weighted by Crippen LogP contribution is 2.18. The van der Waals surface area contributed by atoms with E-state index in [2.05, 4.69) is 61.8 Å². The van der Waals surface area contributed by atoms with Crippen molar-refractivity contribution >= 4 is 0 Å². The van der Waals surface area contributed by atoms with Crippen LogP contribution in [0, 0.1) is 0 Å². The number of unbranched alkanes of at least 4 members (excludes halogenated alkanes) is 1. The minimum Gasteiger partial charge on any atom is -0.348 e. The SMILES string of the molecule is CCCN(CCC)CCCCC(N)Cc1ccc(Cc2ncc[nH]2)cc1CNCc1nccn1C. The van der Waals surface area contributed by atoms with E-state index < -0.39 is 0 Å². The van der Waals surface area contributed by atoms with Crippen molar-refractivity contribution in [1.82, 2.24) is 29.7 Å². The largest absolute Gasteiger partial charge is 0.348 e. The van der Waals surface area contributed by atoms with E-state index in [1.807, 2.05) is 31.8 Å². The lowest BCUT2D eigenvalue weighted by atomic mass is 9.95. The van der Waals surface area contributed by atoms with Crippen molar-refractivity contribution < 1.29 is 0 Å². The number of aromatic amines is 1. The lowest BCUT2D eigenvalue weighted by molar-refractivity contribution is 0.267. The number of H-pyrrole nitrogens is 1. The summed E-state index contributed by atoms with van der Waals surface area (Å²) in [6.07, 6.45) is 15.2. The molecule has 1 aromatic carbocycles. The molecule has 1 unspecified atom stereocenters. The molecule has 3 rings (SSSR count). The third-order valence-electron chi connectivity index (χ3n) is 6.58. The van der Waals surface area contributed by atoms with Crippen LogP contribution in [0.5, 0.6) is 0 Å². The molecule has 7 heteroatoms. The summed E-state index contributed by atoms with van der Waals surface area (Å²) < 4.78 is 2.05. The zero-order valence-corrected chi connectivity index (χ0v) is 22.0. The summed E-state index contributed by atoms with van der Waals surface area (Å²) in [7, 11) is 2.03. The maximum Gasteiger partial charge on any atom is 0.122 e. The number of nitrogens with one attached hydrogen (secondary N) is 2. The summed E-state index contributed by atoms with van der Waals surface area (Å²) in [6, 6.07) is 6.98. The monoisotopic (exact) mass is 479 g/mol. The average molecular weight is 480 g/mol. The Labute approximate surface area is 211 Å². The zero-order chi connectivity index (χ0) is 24.9. The first-order chi connectivity index (χ1) is 17.1. The van der Waals surface area contributed by atoms with Crippen molar-refractivity contribution in [3.63, 3.8) is 0 Å². The maximum absolute atomic E-state index is 6.62. The number of hydrogen-bond acceptors (Lipinski definition) is 5. The molecule has 0 fully saturated rings. The van der Waals surface area contributed by atoms with Crippen LogP contribution in [0.1, 0.15) is 74.3 Å². The summed E-state index contributed by atoms with van der Waals surface area (Å²) >= 11 is 0. The van der Waals surface area contributed by atoms with Gasteiger partial charge in [-0.2, -0.15) is 0 Å². The number of rotatable bonds is 17. The van der Waals surface area contributed by atoms with E-state index in [-0.39, 0.29) is 6.04 Å². The van der Waals surface area contributed by atoms with Gasteiger partial charge in [0, 0.05) is 50.8 Å². The summed E-state index contributed by atoms with van der Waals surface area (Å²) in [5.41, 5.74) is 10.5. The highest BCUT2D eigenvalue weighted by atomic mass is 15.1. The van der Waals surface area contributed by atoms with Gasteiger partial charge in [0.15, 0.2) is 0 Å². The van der Waals surface area contributed by atoms with Crippen LogP contribution in [-0.4, -0.2) is 50.1 Å². The molecule has 2 aromatic heterocycles. The predicted molar refractivity (Wildman–Crippen MR) is 144 cm³/mol. The van der Waals surface area contributed by atoms with Crippen molar-refractivity contribution in [2.75, 3.05) is 19.6 Å².